The molecular weight excluding hydrogens is 262 g/mol. The molecule has 21 heavy (non-hydrogen) atoms. The third kappa shape index (κ3) is 2.37. The van der Waals surface area contributed by atoms with E-state index in [1.54, 1.807) is 6.07 Å². The summed E-state index contributed by atoms with van der Waals surface area (Å²) in [5, 5.41) is 6.11. The standard InChI is InChI=1S/C17H25N3O/c1-16(2)11-7-8-17(3,10-11)14(16)20-15(21)19-13-6-4-5-12(18)9-13/h4-6,9,11,14H,7-8,10,18H2,1-3H3,(H2,19,20,21). The second-order valence-electron chi connectivity index (χ2n) is 7.57. The molecule has 3 atom stereocenters. The van der Waals surface area contributed by atoms with Crippen LogP contribution in [0.3, 0.4) is 0 Å². The van der Waals surface area contributed by atoms with Crippen molar-refractivity contribution in [2.45, 2.75) is 46.1 Å². The van der Waals surface area contributed by atoms with Crippen LogP contribution in [-0.2, 0) is 0 Å². The lowest BCUT2D eigenvalue weighted by molar-refractivity contribution is 0.116. The lowest BCUT2D eigenvalue weighted by Crippen LogP contribution is -2.53. The molecule has 2 aliphatic rings. The monoisotopic (exact) mass is 287 g/mol. The van der Waals surface area contributed by atoms with Gasteiger partial charge in [0.25, 0.3) is 0 Å². The molecule has 0 spiro atoms. The zero-order chi connectivity index (χ0) is 15.3. The van der Waals surface area contributed by atoms with Crippen LogP contribution in [0.2, 0.25) is 0 Å². The fourth-order valence-electron chi connectivity index (χ4n) is 4.58. The van der Waals surface area contributed by atoms with Gasteiger partial charge in [-0.05, 0) is 54.2 Å². The van der Waals surface area contributed by atoms with Crippen LogP contribution in [0.15, 0.2) is 24.3 Å². The highest BCUT2D eigenvalue weighted by molar-refractivity contribution is 5.90. The van der Waals surface area contributed by atoms with E-state index in [2.05, 4.69) is 31.4 Å². The summed E-state index contributed by atoms with van der Waals surface area (Å²) >= 11 is 0. The van der Waals surface area contributed by atoms with E-state index in [0.717, 1.165) is 11.6 Å². The first-order valence-corrected chi connectivity index (χ1v) is 7.74. The number of nitrogen functional groups attached to an aromatic ring is 1. The molecule has 4 heteroatoms. The van der Waals surface area contributed by atoms with Crippen LogP contribution in [0.1, 0.15) is 40.0 Å². The van der Waals surface area contributed by atoms with Gasteiger partial charge in [0.15, 0.2) is 0 Å². The molecule has 2 amide bonds. The van der Waals surface area contributed by atoms with Crippen molar-refractivity contribution in [2.75, 3.05) is 11.1 Å². The zero-order valence-electron chi connectivity index (χ0n) is 13.1. The van der Waals surface area contributed by atoms with Gasteiger partial charge in [0.05, 0.1) is 0 Å². The average molecular weight is 287 g/mol. The topological polar surface area (TPSA) is 67.2 Å². The summed E-state index contributed by atoms with van der Waals surface area (Å²) in [4.78, 5) is 12.3. The van der Waals surface area contributed by atoms with Gasteiger partial charge in [-0.2, -0.15) is 0 Å². The number of anilines is 2. The number of amides is 2. The van der Waals surface area contributed by atoms with Crippen LogP contribution in [0.25, 0.3) is 0 Å². The first-order chi connectivity index (χ1) is 9.81. The minimum atomic E-state index is -0.132. The van der Waals surface area contributed by atoms with Gasteiger partial charge < -0.3 is 16.4 Å². The van der Waals surface area contributed by atoms with Gasteiger partial charge >= 0.3 is 6.03 Å². The number of nitrogens with two attached hydrogens (primary N) is 1. The van der Waals surface area contributed by atoms with E-state index < -0.39 is 0 Å². The highest BCUT2D eigenvalue weighted by atomic mass is 16.2. The Hall–Kier alpha value is -1.71. The number of hydrogen-bond donors (Lipinski definition) is 3. The second kappa shape index (κ2) is 4.65. The van der Waals surface area contributed by atoms with Crippen molar-refractivity contribution in [3.8, 4) is 0 Å². The SMILES string of the molecule is CC12CCC(C1)C(C)(C)C2NC(=O)Nc1cccc(N)c1. The smallest absolute Gasteiger partial charge is 0.319 e. The molecule has 2 bridgehead atoms. The molecule has 0 aliphatic heterocycles. The Morgan fingerprint density at radius 1 is 1.33 bits per heavy atom. The number of fused-ring (bicyclic) bond motifs is 2. The third-order valence-corrected chi connectivity index (χ3v) is 5.69. The molecular formula is C17H25N3O. The van der Waals surface area contributed by atoms with Gasteiger partial charge in [0.1, 0.15) is 0 Å². The molecule has 4 nitrogen and oxygen atoms in total. The summed E-state index contributed by atoms with van der Waals surface area (Å²) in [6, 6.07) is 7.37. The zero-order valence-corrected chi connectivity index (χ0v) is 13.1. The Kier molecular flexibility index (Phi) is 3.15. The predicted octanol–water partition coefficient (Wildman–Crippen LogP) is 3.61. The number of urea groups is 1. The third-order valence-electron chi connectivity index (χ3n) is 5.69. The van der Waals surface area contributed by atoms with Gasteiger partial charge in [-0.15, -0.1) is 0 Å². The lowest BCUT2D eigenvalue weighted by Gasteiger charge is -2.43. The predicted molar refractivity (Wildman–Crippen MR) is 86.0 cm³/mol. The Morgan fingerprint density at radius 3 is 2.71 bits per heavy atom. The van der Waals surface area contributed by atoms with Crippen LogP contribution in [-0.4, -0.2) is 12.1 Å². The molecule has 0 saturated heterocycles. The van der Waals surface area contributed by atoms with Crippen molar-refractivity contribution in [1.82, 2.24) is 5.32 Å². The van der Waals surface area contributed by atoms with Crippen LogP contribution in [0, 0.1) is 16.7 Å². The maximum atomic E-state index is 12.3. The Morgan fingerprint density at radius 2 is 2.10 bits per heavy atom. The van der Waals surface area contributed by atoms with Gasteiger partial charge in [0, 0.05) is 17.4 Å². The first kappa shape index (κ1) is 14.2. The largest absolute Gasteiger partial charge is 0.399 e. The Bertz CT molecular complexity index is 564. The maximum Gasteiger partial charge on any atom is 0.319 e. The molecule has 2 aliphatic carbocycles. The molecule has 2 saturated carbocycles. The minimum absolute atomic E-state index is 0.132. The molecule has 0 radical (unpaired) electrons. The molecule has 0 heterocycles. The molecule has 4 N–H and O–H groups in total. The van der Waals surface area contributed by atoms with Crippen LogP contribution >= 0.6 is 0 Å². The fraction of sp³-hybridized carbons (Fsp3) is 0.588. The van der Waals surface area contributed by atoms with Crippen LogP contribution in [0.4, 0.5) is 16.2 Å². The van der Waals surface area contributed by atoms with E-state index >= 15 is 0 Å². The van der Waals surface area contributed by atoms with E-state index in [1.165, 1.54) is 19.3 Å². The van der Waals surface area contributed by atoms with Crippen molar-refractivity contribution < 1.29 is 4.79 Å². The minimum Gasteiger partial charge on any atom is -0.399 e. The Labute approximate surface area is 126 Å². The molecule has 2 fully saturated rings. The molecule has 114 valence electrons. The molecule has 0 aromatic heterocycles. The van der Waals surface area contributed by atoms with E-state index in [1.807, 2.05) is 18.2 Å². The summed E-state index contributed by atoms with van der Waals surface area (Å²) < 4.78 is 0. The maximum absolute atomic E-state index is 12.3. The van der Waals surface area contributed by atoms with Gasteiger partial charge in [0.2, 0.25) is 0 Å². The van der Waals surface area contributed by atoms with Crippen molar-refractivity contribution in [1.29, 1.82) is 0 Å². The van der Waals surface area contributed by atoms with Crippen molar-refractivity contribution in [3.63, 3.8) is 0 Å². The second-order valence-corrected chi connectivity index (χ2v) is 7.57. The molecule has 3 unspecified atom stereocenters. The highest BCUT2D eigenvalue weighted by Gasteiger charge is 2.59. The van der Waals surface area contributed by atoms with Crippen molar-refractivity contribution in [2.24, 2.45) is 16.7 Å². The highest BCUT2D eigenvalue weighted by Crippen LogP contribution is 2.62. The van der Waals surface area contributed by atoms with E-state index in [-0.39, 0.29) is 22.9 Å². The van der Waals surface area contributed by atoms with Gasteiger partial charge in [-0.25, -0.2) is 4.79 Å². The summed E-state index contributed by atoms with van der Waals surface area (Å²) in [7, 11) is 0. The average Bonchev–Trinajstić information content (AvgIpc) is 2.86. The van der Waals surface area contributed by atoms with Crippen molar-refractivity contribution in [3.05, 3.63) is 24.3 Å². The summed E-state index contributed by atoms with van der Waals surface area (Å²) in [5.41, 5.74) is 7.53. The fourth-order valence-corrected chi connectivity index (χ4v) is 4.58. The van der Waals surface area contributed by atoms with Gasteiger partial charge in [-0.1, -0.05) is 26.8 Å². The van der Waals surface area contributed by atoms with E-state index in [4.69, 9.17) is 5.73 Å². The quantitative estimate of drug-likeness (QED) is 0.727. The van der Waals surface area contributed by atoms with Crippen LogP contribution in [0.5, 0.6) is 0 Å². The molecule has 3 rings (SSSR count). The number of hydrogen-bond acceptors (Lipinski definition) is 2. The summed E-state index contributed by atoms with van der Waals surface area (Å²) in [6.45, 7) is 6.88. The number of nitrogens with one attached hydrogen (secondary N) is 2. The first-order valence-electron chi connectivity index (χ1n) is 7.74. The molecule has 1 aromatic rings. The van der Waals surface area contributed by atoms with E-state index in [9.17, 15) is 4.79 Å². The normalized spacial score (nSPS) is 32.9. The van der Waals surface area contributed by atoms with Crippen molar-refractivity contribution >= 4 is 17.4 Å². The summed E-state index contributed by atoms with van der Waals surface area (Å²) in [5.74, 6) is 0.722. The Balaban J connectivity index is 1.70. The van der Waals surface area contributed by atoms with Crippen LogP contribution < -0.4 is 16.4 Å². The van der Waals surface area contributed by atoms with Gasteiger partial charge in [-0.3, -0.25) is 0 Å². The summed E-state index contributed by atoms with van der Waals surface area (Å²) in [6.07, 6.45) is 3.73. The lowest BCUT2D eigenvalue weighted by atomic mass is 9.68. The number of carbonyl (C=O) groups excluding carboxylic acids is 1. The number of rotatable bonds is 2. The number of carbonyl (C=O) groups is 1. The number of benzene rings is 1. The van der Waals surface area contributed by atoms with E-state index in [0.29, 0.717) is 5.69 Å². The molecule has 1 aromatic carbocycles.